The van der Waals surface area contributed by atoms with Crippen LogP contribution in [-0.4, -0.2) is 72.2 Å². The number of carbonyl (C=O) groups is 1. The number of aliphatic hydroxyl groups excluding tert-OH is 1. The van der Waals surface area contributed by atoms with Gasteiger partial charge >= 0.3 is 6.18 Å². The number of aromatic nitrogens is 5. The van der Waals surface area contributed by atoms with E-state index >= 15 is 0 Å². The molecule has 12 heteroatoms. The zero-order valence-corrected chi connectivity index (χ0v) is 17.5. The molecular weight excluding hydrogens is 441 g/mol. The average Bonchev–Trinajstić information content (AvgIpc) is 3.36. The standard InChI is InChI=1S/C21H21F3N6O3/c22-21(23,24)11-30-19(25-12-26-30)16-10-29-7-8-33-17-2-1-13(9-15(17)18(29)27-16)20(32)28-5-3-14(31)4-6-28/h1-2,9-10,12,14,31H,3-8,11H2. The van der Waals surface area contributed by atoms with E-state index in [1.54, 1.807) is 33.9 Å². The Bertz CT molecular complexity index is 1180. The molecule has 0 aliphatic carbocycles. The summed E-state index contributed by atoms with van der Waals surface area (Å²) in [7, 11) is 0. The van der Waals surface area contributed by atoms with Crippen LogP contribution in [0.15, 0.2) is 30.7 Å². The van der Waals surface area contributed by atoms with E-state index in [2.05, 4.69) is 15.1 Å². The third-order valence-electron chi connectivity index (χ3n) is 5.76. The number of hydrogen-bond acceptors (Lipinski definition) is 6. The fraction of sp³-hybridized carbons (Fsp3) is 0.429. The molecular formula is C21H21F3N6O3. The predicted octanol–water partition coefficient (Wildman–Crippen LogP) is 2.36. The van der Waals surface area contributed by atoms with Crippen LogP contribution >= 0.6 is 0 Å². The lowest BCUT2D eigenvalue weighted by molar-refractivity contribution is -0.142. The van der Waals surface area contributed by atoms with E-state index in [0.717, 1.165) is 11.0 Å². The molecule has 0 saturated carbocycles. The summed E-state index contributed by atoms with van der Waals surface area (Å²) in [6.07, 6.45) is -1.09. The van der Waals surface area contributed by atoms with Gasteiger partial charge in [-0.25, -0.2) is 14.6 Å². The summed E-state index contributed by atoms with van der Waals surface area (Å²) in [5.41, 5.74) is 1.27. The van der Waals surface area contributed by atoms with Gasteiger partial charge in [0.25, 0.3) is 5.91 Å². The van der Waals surface area contributed by atoms with E-state index < -0.39 is 12.7 Å². The summed E-state index contributed by atoms with van der Waals surface area (Å²) >= 11 is 0. The van der Waals surface area contributed by atoms with Crippen LogP contribution in [-0.2, 0) is 13.1 Å². The molecule has 2 aromatic heterocycles. The molecule has 5 rings (SSSR count). The topological polar surface area (TPSA) is 98.3 Å². The second kappa shape index (κ2) is 8.18. The number of piperidine rings is 1. The number of rotatable bonds is 3. The van der Waals surface area contributed by atoms with Gasteiger partial charge in [-0.15, -0.1) is 0 Å². The lowest BCUT2D eigenvalue weighted by Crippen LogP contribution is -2.40. The van der Waals surface area contributed by atoms with Gasteiger partial charge in [-0.3, -0.25) is 4.79 Å². The molecule has 1 fully saturated rings. The third kappa shape index (κ3) is 4.30. The molecule has 0 bridgehead atoms. The summed E-state index contributed by atoms with van der Waals surface area (Å²) in [6, 6.07) is 5.08. The highest BCUT2D eigenvalue weighted by Gasteiger charge is 2.31. The average molecular weight is 462 g/mol. The Labute approximate surface area is 186 Å². The van der Waals surface area contributed by atoms with Crippen LogP contribution in [0.1, 0.15) is 23.2 Å². The quantitative estimate of drug-likeness (QED) is 0.642. The molecule has 1 aromatic carbocycles. The Hall–Kier alpha value is -3.41. The molecule has 2 aliphatic heterocycles. The molecule has 0 atom stereocenters. The van der Waals surface area contributed by atoms with Crippen LogP contribution in [0.25, 0.3) is 22.9 Å². The lowest BCUT2D eigenvalue weighted by Gasteiger charge is -2.29. The molecule has 4 heterocycles. The maximum atomic E-state index is 13.0. The Morgan fingerprint density at radius 3 is 2.73 bits per heavy atom. The number of halogens is 3. The number of hydrogen-bond donors (Lipinski definition) is 1. The van der Waals surface area contributed by atoms with Gasteiger partial charge in [-0.1, -0.05) is 0 Å². The molecule has 0 radical (unpaired) electrons. The van der Waals surface area contributed by atoms with Gasteiger partial charge in [0, 0.05) is 24.8 Å². The van der Waals surface area contributed by atoms with E-state index in [1.807, 2.05) is 0 Å². The first kappa shape index (κ1) is 21.4. The Morgan fingerprint density at radius 1 is 1.18 bits per heavy atom. The largest absolute Gasteiger partial charge is 0.491 e. The summed E-state index contributed by atoms with van der Waals surface area (Å²) in [5.74, 6) is 0.864. The van der Waals surface area contributed by atoms with Gasteiger partial charge < -0.3 is 19.3 Å². The maximum absolute atomic E-state index is 13.0. The van der Waals surface area contributed by atoms with Crippen molar-refractivity contribution in [3.63, 3.8) is 0 Å². The van der Waals surface area contributed by atoms with Gasteiger partial charge in [0.05, 0.1) is 18.2 Å². The molecule has 1 saturated heterocycles. The van der Waals surface area contributed by atoms with Crippen LogP contribution in [0.4, 0.5) is 13.2 Å². The summed E-state index contributed by atoms with van der Waals surface area (Å²) < 4.78 is 47.1. The number of alkyl halides is 3. The minimum absolute atomic E-state index is 0.00877. The maximum Gasteiger partial charge on any atom is 0.408 e. The molecule has 33 heavy (non-hydrogen) atoms. The number of amides is 1. The van der Waals surface area contributed by atoms with E-state index in [0.29, 0.717) is 61.8 Å². The van der Waals surface area contributed by atoms with Gasteiger partial charge in [-0.2, -0.15) is 18.3 Å². The molecule has 0 spiro atoms. The number of likely N-dealkylation sites (tertiary alicyclic amines) is 1. The minimum atomic E-state index is -4.44. The van der Waals surface area contributed by atoms with Crippen molar-refractivity contribution in [2.75, 3.05) is 19.7 Å². The van der Waals surface area contributed by atoms with E-state index in [4.69, 9.17) is 4.74 Å². The van der Waals surface area contributed by atoms with Gasteiger partial charge in [-0.05, 0) is 31.0 Å². The van der Waals surface area contributed by atoms with Gasteiger partial charge in [0.1, 0.15) is 36.7 Å². The number of benzene rings is 1. The van der Waals surface area contributed by atoms with Crippen molar-refractivity contribution in [1.29, 1.82) is 0 Å². The Balaban J connectivity index is 1.50. The highest BCUT2D eigenvalue weighted by atomic mass is 19.4. The normalized spacial score (nSPS) is 16.7. The number of nitrogens with zero attached hydrogens (tertiary/aromatic N) is 6. The minimum Gasteiger partial charge on any atom is -0.491 e. The lowest BCUT2D eigenvalue weighted by atomic mass is 10.0. The molecule has 1 N–H and O–H groups in total. The van der Waals surface area contributed by atoms with Gasteiger partial charge in [0.2, 0.25) is 0 Å². The molecule has 9 nitrogen and oxygen atoms in total. The zero-order valence-electron chi connectivity index (χ0n) is 17.5. The number of carbonyl (C=O) groups excluding carboxylic acids is 1. The van der Waals surface area contributed by atoms with Crippen molar-refractivity contribution >= 4 is 5.91 Å². The first-order valence-corrected chi connectivity index (χ1v) is 10.5. The zero-order chi connectivity index (χ0) is 23.2. The predicted molar refractivity (Wildman–Crippen MR) is 109 cm³/mol. The number of aliphatic hydroxyl groups is 1. The van der Waals surface area contributed by atoms with E-state index in [1.165, 1.54) is 0 Å². The van der Waals surface area contributed by atoms with Crippen molar-refractivity contribution in [3.8, 4) is 28.7 Å². The fourth-order valence-electron chi connectivity index (χ4n) is 4.13. The molecule has 1 amide bonds. The number of imidazole rings is 1. The first-order valence-electron chi connectivity index (χ1n) is 10.5. The fourth-order valence-corrected chi connectivity index (χ4v) is 4.13. The summed E-state index contributed by atoms with van der Waals surface area (Å²) in [5, 5.41) is 13.4. The Kier molecular flexibility index (Phi) is 5.31. The summed E-state index contributed by atoms with van der Waals surface area (Å²) in [4.78, 5) is 23.2. The molecule has 2 aliphatic rings. The smallest absolute Gasteiger partial charge is 0.408 e. The highest BCUT2D eigenvalue weighted by molar-refractivity contribution is 5.96. The summed E-state index contributed by atoms with van der Waals surface area (Å²) in [6.45, 7) is 0.440. The van der Waals surface area contributed by atoms with Crippen molar-refractivity contribution in [3.05, 3.63) is 36.3 Å². The highest BCUT2D eigenvalue weighted by Crippen LogP contribution is 2.35. The van der Waals surface area contributed by atoms with Crippen LogP contribution in [0.2, 0.25) is 0 Å². The van der Waals surface area contributed by atoms with Crippen LogP contribution in [0, 0.1) is 0 Å². The monoisotopic (exact) mass is 462 g/mol. The van der Waals surface area contributed by atoms with E-state index in [-0.39, 0.29) is 23.5 Å². The van der Waals surface area contributed by atoms with E-state index in [9.17, 15) is 23.1 Å². The third-order valence-corrected chi connectivity index (χ3v) is 5.76. The second-order valence-electron chi connectivity index (χ2n) is 8.08. The molecule has 3 aromatic rings. The molecule has 174 valence electrons. The van der Waals surface area contributed by atoms with Crippen molar-refractivity contribution in [2.24, 2.45) is 0 Å². The first-order chi connectivity index (χ1) is 15.8. The van der Waals surface area contributed by atoms with Crippen molar-refractivity contribution in [1.82, 2.24) is 29.2 Å². The van der Waals surface area contributed by atoms with Crippen LogP contribution in [0.5, 0.6) is 5.75 Å². The van der Waals surface area contributed by atoms with Crippen LogP contribution in [0.3, 0.4) is 0 Å². The Morgan fingerprint density at radius 2 is 1.97 bits per heavy atom. The number of fused-ring (bicyclic) bond motifs is 3. The number of ether oxygens (including phenoxy) is 1. The van der Waals surface area contributed by atoms with Crippen molar-refractivity contribution < 1.29 is 27.8 Å². The van der Waals surface area contributed by atoms with Gasteiger partial charge in [0.15, 0.2) is 5.82 Å². The van der Waals surface area contributed by atoms with Crippen LogP contribution < -0.4 is 4.74 Å². The second-order valence-corrected chi connectivity index (χ2v) is 8.08. The SMILES string of the molecule is O=C(c1ccc2c(c1)-c1nc(-c3ncnn3CC(F)(F)F)cn1CCO2)N1CCC(O)CC1. The van der Waals surface area contributed by atoms with Crippen molar-refractivity contribution in [2.45, 2.75) is 38.2 Å². The molecule has 0 unspecified atom stereocenters.